The molecule has 0 unspecified atom stereocenters. The van der Waals surface area contributed by atoms with Crippen molar-refractivity contribution in [1.82, 2.24) is 4.98 Å². The fourth-order valence-electron chi connectivity index (χ4n) is 2.37. The summed E-state index contributed by atoms with van der Waals surface area (Å²) >= 11 is 1.61. The smallest absolute Gasteiger partial charge is 0.213 e. The number of hydrogen-bond acceptors (Lipinski definition) is 6. The van der Waals surface area contributed by atoms with Crippen molar-refractivity contribution in [2.75, 3.05) is 25.3 Å². The summed E-state index contributed by atoms with van der Waals surface area (Å²) < 4.78 is 25.0. The molecule has 0 saturated heterocycles. The molecule has 2 aromatic carbocycles. The van der Waals surface area contributed by atoms with Crippen LogP contribution in [0.2, 0.25) is 0 Å². The number of amides is 1. The highest BCUT2D eigenvalue weighted by Gasteiger charge is 2.13. The largest absolute Gasteiger partial charge is 0.468 e. The van der Waals surface area contributed by atoms with Gasteiger partial charge < -0.3 is 14.4 Å². The molecule has 0 atom stereocenters. The van der Waals surface area contributed by atoms with Gasteiger partial charge in [-0.05, 0) is 43.3 Å². The van der Waals surface area contributed by atoms with Crippen molar-refractivity contribution in [3.8, 4) is 16.3 Å². The van der Waals surface area contributed by atoms with Gasteiger partial charge in [-0.2, -0.15) is 3.89 Å². The molecule has 0 N–H and O–H groups in total. The number of aromatic nitrogens is 1. The summed E-state index contributed by atoms with van der Waals surface area (Å²) in [6, 6.07) is 10.9. The summed E-state index contributed by atoms with van der Waals surface area (Å²) in [7, 11) is 1.59. The van der Waals surface area contributed by atoms with Crippen LogP contribution in [0.25, 0.3) is 20.8 Å². The molecule has 26 heavy (non-hydrogen) atoms. The minimum atomic E-state index is 0.111. The summed E-state index contributed by atoms with van der Waals surface area (Å²) in [4.78, 5) is 17.3. The average molecular weight is 392 g/mol. The lowest BCUT2D eigenvalue weighted by Gasteiger charge is -2.14. The molecule has 0 radical (unpaired) electrons. The van der Waals surface area contributed by atoms with E-state index in [0.29, 0.717) is 29.3 Å². The number of nitrogens with zero attached hydrogens (tertiary/aromatic N) is 2. The number of rotatable bonds is 8. The molecule has 0 fully saturated rings. The number of carbonyl (C=O) groups is 1. The predicted octanol–water partition coefficient (Wildman–Crippen LogP) is 4.91. The maximum atomic E-state index is 13.3. The van der Waals surface area contributed by atoms with Crippen LogP contribution in [0, 0.1) is 0 Å². The summed E-state index contributed by atoms with van der Waals surface area (Å²) in [6.45, 7) is 2.71. The van der Waals surface area contributed by atoms with E-state index in [0.717, 1.165) is 20.8 Å². The topological polar surface area (TPSA) is 51.7 Å². The van der Waals surface area contributed by atoms with Gasteiger partial charge in [-0.3, -0.25) is 4.79 Å². The van der Waals surface area contributed by atoms with Crippen LogP contribution in [0.3, 0.4) is 0 Å². The van der Waals surface area contributed by atoms with Crippen LogP contribution in [-0.2, 0) is 9.53 Å². The molecule has 0 aliphatic carbocycles. The van der Waals surface area contributed by atoms with Gasteiger partial charge in [0.2, 0.25) is 6.41 Å². The first-order chi connectivity index (χ1) is 12.7. The lowest BCUT2D eigenvalue weighted by molar-refractivity contribution is -0.107. The number of carbonyl (C=O) groups excluding carboxylic acids is 1. The minimum absolute atomic E-state index is 0.111. The van der Waals surface area contributed by atoms with E-state index in [9.17, 15) is 8.68 Å². The number of fused-ring (bicyclic) bond motifs is 1. The van der Waals surface area contributed by atoms with E-state index in [1.807, 2.05) is 31.2 Å². The zero-order chi connectivity index (χ0) is 18.5. The molecule has 8 heteroatoms. The number of hydrogen-bond donors (Lipinski definition) is 0. The molecule has 0 saturated carbocycles. The quantitative estimate of drug-likeness (QED) is 0.310. The molecule has 1 amide bonds. The molecule has 0 aliphatic rings. The van der Waals surface area contributed by atoms with Crippen LogP contribution in [0.4, 0.5) is 9.57 Å². The van der Waals surface area contributed by atoms with Gasteiger partial charge in [-0.1, -0.05) is 0 Å². The fourth-order valence-corrected chi connectivity index (χ4v) is 3.82. The lowest BCUT2D eigenvalue weighted by atomic mass is 10.2. The molecule has 5 nitrogen and oxygen atoms in total. The highest BCUT2D eigenvalue weighted by atomic mass is 32.2. The third-order valence-corrected chi connectivity index (χ3v) is 5.26. The van der Waals surface area contributed by atoms with Crippen molar-refractivity contribution in [2.24, 2.45) is 0 Å². The van der Waals surface area contributed by atoms with Gasteiger partial charge in [0.05, 0.1) is 32.9 Å². The molecule has 1 aromatic heterocycles. The summed E-state index contributed by atoms with van der Waals surface area (Å²) in [6.07, 6.45) is 0.649. The Labute approximate surface area is 159 Å². The summed E-state index contributed by atoms with van der Waals surface area (Å²) in [5.41, 5.74) is 2.16. The van der Waals surface area contributed by atoms with Crippen LogP contribution < -0.4 is 9.64 Å². The highest BCUT2D eigenvalue weighted by molar-refractivity contribution is 7.94. The van der Waals surface area contributed by atoms with E-state index < -0.39 is 0 Å². The van der Waals surface area contributed by atoms with E-state index in [-0.39, 0.29) is 18.9 Å². The number of ether oxygens (including phenoxy) is 2. The Balaban J connectivity index is 1.91. The van der Waals surface area contributed by atoms with E-state index >= 15 is 0 Å². The molecule has 3 rings (SSSR count). The zero-order valence-electron chi connectivity index (χ0n) is 14.3. The first-order valence-electron chi connectivity index (χ1n) is 7.88. The molecular weight excluding hydrogens is 375 g/mol. The van der Waals surface area contributed by atoms with E-state index in [2.05, 4.69) is 4.98 Å². The van der Waals surface area contributed by atoms with Crippen molar-refractivity contribution in [3.05, 3.63) is 36.4 Å². The minimum Gasteiger partial charge on any atom is -0.468 e. The van der Waals surface area contributed by atoms with Gasteiger partial charge in [0.15, 0.2) is 6.79 Å². The van der Waals surface area contributed by atoms with Crippen LogP contribution >= 0.6 is 23.5 Å². The maximum Gasteiger partial charge on any atom is 0.213 e. The predicted molar refractivity (Wildman–Crippen MR) is 104 cm³/mol. The zero-order valence-corrected chi connectivity index (χ0v) is 15.9. The molecule has 0 aliphatic heterocycles. The molecular formula is C18H17FN2O3S2. The van der Waals surface area contributed by atoms with Crippen molar-refractivity contribution in [1.29, 1.82) is 0 Å². The second-order valence-electron chi connectivity index (χ2n) is 5.38. The molecule has 1 heterocycles. The Kier molecular flexibility index (Phi) is 6.08. The Bertz CT molecular complexity index is 917. The van der Waals surface area contributed by atoms with E-state index in [1.54, 1.807) is 19.2 Å². The van der Waals surface area contributed by atoms with Gasteiger partial charge in [0, 0.05) is 19.2 Å². The van der Waals surface area contributed by atoms with Gasteiger partial charge in [-0.25, -0.2) is 4.98 Å². The first-order valence-corrected chi connectivity index (χ1v) is 9.42. The molecule has 0 bridgehead atoms. The second-order valence-corrected chi connectivity index (χ2v) is 7.00. The Morgan fingerprint density at radius 1 is 1.31 bits per heavy atom. The van der Waals surface area contributed by atoms with Crippen molar-refractivity contribution >= 4 is 45.8 Å². The van der Waals surface area contributed by atoms with Gasteiger partial charge >= 0.3 is 0 Å². The van der Waals surface area contributed by atoms with Crippen LogP contribution in [0.1, 0.15) is 6.92 Å². The SMILES string of the molecule is CCOCOc1ccc2nc(-c3ccc(N(C)C=O)c(SF)c3)sc2c1. The van der Waals surface area contributed by atoms with Crippen molar-refractivity contribution in [2.45, 2.75) is 11.8 Å². The Morgan fingerprint density at radius 2 is 2.15 bits per heavy atom. The van der Waals surface area contributed by atoms with Gasteiger partial charge in [0.1, 0.15) is 10.8 Å². The van der Waals surface area contributed by atoms with Crippen molar-refractivity contribution in [3.63, 3.8) is 0 Å². The number of thiazole rings is 1. The maximum absolute atomic E-state index is 13.3. The number of benzene rings is 2. The lowest BCUT2D eigenvalue weighted by Crippen LogP contribution is -2.14. The van der Waals surface area contributed by atoms with Crippen LogP contribution in [-0.4, -0.2) is 31.8 Å². The molecule has 136 valence electrons. The number of halogens is 1. The monoisotopic (exact) mass is 392 g/mol. The third kappa shape index (κ3) is 3.98. The van der Waals surface area contributed by atoms with Crippen LogP contribution in [0.5, 0.6) is 5.75 Å². The Hall–Kier alpha value is -2.16. The van der Waals surface area contributed by atoms with Gasteiger partial charge in [0.25, 0.3) is 0 Å². The normalized spacial score (nSPS) is 10.9. The highest BCUT2D eigenvalue weighted by Crippen LogP contribution is 2.37. The standard InChI is InChI=1S/C18H17FN2O3S2/c1-3-23-11-24-13-5-6-14-16(9-13)25-18(20-14)12-4-7-15(21(2)10-22)17(8-12)26-19/h4-10H,3,11H2,1-2H3. The number of anilines is 1. The fraction of sp³-hybridized carbons (Fsp3) is 0.222. The average Bonchev–Trinajstić information content (AvgIpc) is 3.10. The second kappa shape index (κ2) is 8.48. The summed E-state index contributed by atoms with van der Waals surface area (Å²) in [5.74, 6) is 0.712. The van der Waals surface area contributed by atoms with Gasteiger partial charge in [-0.15, -0.1) is 11.3 Å². The third-order valence-electron chi connectivity index (χ3n) is 3.70. The molecule has 3 aromatic rings. The molecule has 0 spiro atoms. The van der Waals surface area contributed by atoms with Crippen LogP contribution in [0.15, 0.2) is 41.3 Å². The Morgan fingerprint density at radius 3 is 2.88 bits per heavy atom. The summed E-state index contributed by atoms with van der Waals surface area (Å²) in [5, 5.41) is 0.776. The van der Waals surface area contributed by atoms with Crippen molar-refractivity contribution < 1.29 is 18.2 Å². The van der Waals surface area contributed by atoms with E-state index in [1.165, 1.54) is 16.2 Å². The van der Waals surface area contributed by atoms with E-state index in [4.69, 9.17) is 9.47 Å². The first kappa shape index (κ1) is 18.6.